The van der Waals surface area contributed by atoms with Gasteiger partial charge < -0.3 is 10.4 Å². The van der Waals surface area contributed by atoms with Crippen molar-refractivity contribution in [2.45, 2.75) is 37.8 Å². The van der Waals surface area contributed by atoms with E-state index in [-0.39, 0.29) is 12.1 Å². The summed E-state index contributed by atoms with van der Waals surface area (Å²) < 4.78 is 2.43. The number of aromatic nitrogens is 1. The van der Waals surface area contributed by atoms with E-state index in [9.17, 15) is 5.11 Å². The molecule has 0 unspecified atom stereocenters. The molecule has 0 spiro atoms. The van der Waals surface area contributed by atoms with Crippen LogP contribution in [0.5, 0.6) is 0 Å². The maximum Gasteiger partial charge on any atom is 0.184 e. The van der Waals surface area contributed by atoms with Crippen molar-refractivity contribution in [3.05, 3.63) is 21.8 Å². The Morgan fingerprint density at radius 2 is 2.17 bits per heavy atom. The quantitative estimate of drug-likeness (QED) is 0.790. The molecule has 0 amide bonds. The smallest absolute Gasteiger partial charge is 0.184 e. The summed E-state index contributed by atoms with van der Waals surface area (Å²) in [4.78, 5) is 4.58. The summed E-state index contributed by atoms with van der Waals surface area (Å²) in [5.41, 5.74) is 1.04. The summed E-state index contributed by atoms with van der Waals surface area (Å²) in [6.07, 6.45) is 4.04. The summed E-state index contributed by atoms with van der Waals surface area (Å²) in [6, 6.07) is 6.44. The van der Waals surface area contributed by atoms with Crippen LogP contribution < -0.4 is 5.32 Å². The van der Waals surface area contributed by atoms with E-state index in [4.69, 9.17) is 0 Å². The number of fused-ring (bicyclic) bond motifs is 1. The molecule has 2 N–H and O–H groups in total. The van der Waals surface area contributed by atoms with E-state index in [1.807, 2.05) is 0 Å². The summed E-state index contributed by atoms with van der Waals surface area (Å²) in [6.45, 7) is 0. The Morgan fingerprint density at radius 3 is 3.00 bits per heavy atom. The van der Waals surface area contributed by atoms with E-state index in [0.717, 1.165) is 29.9 Å². The van der Waals surface area contributed by atoms with Gasteiger partial charge in [-0.1, -0.05) is 24.2 Å². The molecular formula is C13H15IN2OS. The zero-order valence-electron chi connectivity index (χ0n) is 9.90. The lowest BCUT2D eigenvalue weighted by Gasteiger charge is -2.27. The molecule has 0 bridgehead atoms. The van der Waals surface area contributed by atoms with Crippen molar-refractivity contribution in [1.29, 1.82) is 0 Å². The second kappa shape index (κ2) is 5.30. The highest BCUT2D eigenvalue weighted by molar-refractivity contribution is 14.1. The van der Waals surface area contributed by atoms with Crippen LogP contribution >= 0.6 is 33.9 Å². The van der Waals surface area contributed by atoms with E-state index in [1.165, 1.54) is 14.7 Å². The first-order valence-corrected chi connectivity index (χ1v) is 8.12. The van der Waals surface area contributed by atoms with Gasteiger partial charge in [0, 0.05) is 3.57 Å². The van der Waals surface area contributed by atoms with Crippen molar-refractivity contribution in [3.63, 3.8) is 0 Å². The van der Waals surface area contributed by atoms with Gasteiger partial charge in [-0.2, -0.15) is 0 Å². The molecule has 2 aromatic rings. The van der Waals surface area contributed by atoms with E-state index >= 15 is 0 Å². The van der Waals surface area contributed by atoms with Crippen LogP contribution in [0.1, 0.15) is 25.7 Å². The highest BCUT2D eigenvalue weighted by Crippen LogP contribution is 2.29. The minimum Gasteiger partial charge on any atom is -0.391 e. The van der Waals surface area contributed by atoms with Crippen LogP contribution in [-0.4, -0.2) is 22.2 Å². The zero-order chi connectivity index (χ0) is 12.5. The third-order valence-corrected chi connectivity index (χ3v) is 5.01. The Balaban J connectivity index is 1.81. The van der Waals surface area contributed by atoms with Crippen molar-refractivity contribution in [1.82, 2.24) is 4.98 Å². The topological polar surface area (TPSA) is 45.1 Å². The number of hydrogen-bond acceptors (Lipinski definition) is 4. The van der Waals surface area contributed by atoms with Gasteiger partial charge in [0.05, 0.1) is 22.4 Å². The first-order valence-electron chi connectivity index (χ1n) is 6.23. The molecule has 0 aliphatic heterocycles. The summed E-state index contributed by atoms with van der Waals surface area (Å²) >= 11 is 3.98. The molecule has 3 nitrogen and oxygen atoms in total. The standard InChI is InChI=1S/C13H15IN2OS/c14-8-5-6-10-12(7-8)18-13(16-10)15-9-3-1-2-4-11(9)17/h5-7,9,11,17H,1-4H2,(H,15,16)/t9-,11-/m1/s1. The van der Waals surface area contributed by atoms with Gasteiger partial charge >= 0.3 is 0 Å². The largest absolute Gasteiger partial charge is 0.391 e. The van der Waals surface area contributed by atoms with Gasteiger partial charge in [-0.25, -0.2) is 4.98 Å². The van der Waals surface area contributed by atoms with E-state index in [0.29, 0.717) is 0 Å². The number of halogens is 1. The average Bonchev–Trinajstić information content (AvgIpc) is 2.73. The molecule has 5 heteroatoms. The second-order valence-electron chi connectivity index (χ2n) is 4.73. The molecule has 1 aliphatic rings. The van der Waals surface area contributed by atoms with Crippen LogP contribution in [0.15, 0.2) is 18.2 Å². The number of nitrogens with zero attached hydrogens (tertiary/aromatic N) is 1. The molecule has 0 saturated heterocycles. The zero-order valence-corrected chi connectivity index (χ0v) is 12.9. The van der Waals surface area contributed by atoms with Crippen molar-refractivity contribution < 1.29 is 5.11 Å². The van der Waals surface area contributed by atoms with Crippen LogP contribution in [0.3, 0.4) is 0 Å². The average molecular weight is 374 g/mol. The van der Waals surface area contributed by atoms with Gasteiger partial charge in [0.15, 0.2) is 5.13 Å². The molecule has 1 aromatic carbocycles. The number of aliphatic hydroxyl groups is 1. The van der Waals surface area contributed by atoms with Crippen molar-refractivity contribution in [2.75, 3.05) is 5.32 Å². The van der Waals surface area contributed by atoms with Crippen LogP contribution in [0, 0.1) is 3.57 Å². The van der Waals surface area contributed by atoms with E-state index in [2.05, 4.69) is 51.1 Å². The molecule has 1 heterocycles. The fourth-order valence-corrected chi connectivity index (χ4v) is 4.07. The molecule has 1 aliphatic carbocycles. The predicted molar refractivity (Wildman–Crippen MR) is 84.2 cm³/mol. The molecular weight excluding hydrogens is 359 g/mol. The minimum absolute atomic E-state index is 0.165. The monoisotopic (exact) mass is 374 g/mol. The number of thiazole rings is 1. The van der Waals surface area contributed by atoms with Gasteiger partial charge in [-0.3, -0.25) is 0 Å². The summed E-state index contributed by atoms with van der Waals surface area (Å²) in [7, 11) is 0. The van der Waals surface area contributed by atoms with Crippen LogP contribution in [0.2, 0.25) is 0 Å². The Hall–Kier alpha value is -0.400. The van der Waals surface area contributed by atoms with Crippen molar-refractivity contribution in [2.24, 2.45) is 0 Å². The van der Waals surface area contributed by atoms with Gasteiger partial charge in [0.2, 0.25) is 0 Å². The molecule has 0 radical (unpaired) electrons. The van der Waals surface area contributed by atoms with Crippen LogP contribution in [0.4, 0.5) is 5.13 Å². The molecule has 3 rings (SSSR count). The summed E-state index contributed by atoms with van der Waals surface area (Å²) in [5, 5.41) is 14.3. The number of nitrogens with one attached hydrogen (secondary N) is 1. The fraction of sp³-hybridized carbons (Fsp3) is 0.462. The van der Waals surface area contributed by atoms with Gasteiger partial charge in [0.1, 0.15) is 0 Å². The first-order chi connectivity index (χ1) is 8.72. The molecule has 18 heavy (non-hydrogen) atoms. The normalized spacial score (nSPS) is 24.3. The lowest BCUT2D eigenvalue weighted by atomic mass is 9.93. The van der Waals surface area contributed by atoms with Crippen molar-refractivity contribution in [3.8, 4) is 0 Å². The second-order valence-corrected chi connectivity index (χ2v) is 7.01. The minimum atomic E-state index is -0.231. The van der Waals surface area contributed by atoms with Crippen LogP contribution in [0.25, 0.3) is 10.2 Å². The van der Waals surface area contributed by atoms with Gasteiger partial charge in [-0.05, 0) is 53.6 Å². The lowest BCUT2D eigenvalue weighted by molar-refractivity contribution is 0.116. The van der Waals surface area contributed by atoms with Gasteiger partial charge in [-0.15, -0.1) is 0 Å². The highest BCUT2D eigenvalue weighted by Gasteiger charge is 2.23. The molecule has 1 aromatic heterocycles. The third-order valence-electron chi connectivity index (χ3n) is 3.39. The molecule has 1 fully saturated rings. The number of anilines is 1. The predicted octanol–water partition coefficient (Wildman–Crippen LogP) is 3.62. The Kier molecular flexibility index (Phi) is 3.72. The van der Waals surface area contributed by atoms with Gasteiger partial charge in [0.25, 0.3) is 0 Å². The first kappa shape index (κ1) is 12.6. The Morgan fingerprint density at radius 1 is 1.33 bits per heavy atom. The number of aliphatic hydroxyl groups excluding tert-OH is 1. The van der Waals surface area contributed by atoms with Crippen molar-refractivity contribution >= 4 is 49.3 Å². The molecule has 2 atom stereocenters. The number of hydrogen-bond donors (Lipinski definition) is 2. The molecule has 96 valence electrons. The highest BCUT2D eigenvalue weighted by atomic mass is 127. The maximum absolute atomic E-state index is 9.96. The summed E-state index contributed by atoms with van der Waals surface area (Å²) in [5.74, 6) is 0. The van der Waals surface area contributed by atoms with Crippen LogP contribution in [-0.2, 0) is 0 Å². The number of rotatable bonds is 2. The molecule has 1 saturated carbocycles. The third kappa shape index (κ3) is 2.62. The maximum atomic E-state index is 9.96. The van der Waals surface area contributed by atoms with E-state index < -0.39 is 0 Å². The number of benzene rings is 1. The lowest BCUT2D eigenvalue weighted by Crippen LogP contribution is -2.36. The Labute approximate surface area is 124 Å². The van der Waals surface area contributed by atoms with E-state index in [1.54, 1.807) is 11.3 Å². The Bertz CT molecular complexity index is 557. The fourth-order valence-electron chi connectivity index (χ4n) is 2.40. The SMILES string of the molecule is O[C@@H]1CCCC[C@H]1Nc1nc2ccc(I)cc2s1.